The fourth-order valence-corrected chi connectivity index (χ4v) is 4.75. The molecule has 0 unspecified atom stereocenters. The molecule has 1 aliphatic rings. The number of benzene rings is 3. The average molecular weight is 515 g/mol. The summed E-state index contributed by atoms with van der Waals surface area (Å²) in [6, 6.07) is 17.1. The molecular weight excluding hydrogens is 490 g/mol. The molecular formula is C25H25BrClN3O2. The molecule has 2 amide bonds. The lowest BCUT2D eigenvalue weighted by molar-refractivity contribution is -0.134. The van der Waals surface area contributed by atoms with Gasteiger partial charge in [-0.3, -0.25) is 9.59 Å². The van der Waals surface area contributed by atoms with Gasteiger partial charge in [0.15, 0.2) is 0 Å². The van der Waals surface area contributed by atoms with Gasteiger partial charge < -0.3 is 15.1 Å². The molecule has 0 aromatic heterocycles. The van der Waals surface area contributed by atoms with Crippen molar-refractivity contribution in [2.75, 3.05) is 36.4 Å². The van der Waals surface area contributed by atoms with Crippen LogP contribution < -0.4 is 10.2 Å². The van der Waals surface area contributed by atoms with Crippen molar-refractivity contribution in [2.24, 2.45) is 5.92 Å². The van der Waals surface area contributed by atoms with E-state index in [4.69, 9.17) is 11.6 Å². The first-order valence-electron chi connectivity index (χ1n) is 10.7. The molecule has 166 valence electrons. The van der Waals surface area contributed by atoms with Gasteiger partial charge in [-0.25, -0.2) is 0 Å². The van der Waals surface area contributed by atoms with E-state index in [-0.39, 0.29) is 17.7 Å². The van der Waals surface area contributed by atoms with E-state index in [2.05, 4.69) is 26.1 Å². The van der Waals surface area contributed by atoms with Gasteiger partial charge in [-0.2, -0.15) is 0 Å². The monoisotopic (exact) mass is 513 g/mol. The molecule has 7 heteroatoms. The number of anilines is 2. The van der Waals surface area contributed by atoms with Gasteiger partial charge in [0.2, 0.25) is 5.91 Å². The molecule has 4 rings (SSSR count). The van der Waals surface area contributed by atoms with E-state index in [0.717, 1.165) is 20.9 Å². The van der Waals surface area contributed by atoms with Crippen LogP contribution in [0.2, 0.25) is 5.02 Å². The molecule has 0 aliphatic carbocycles. The predicted octanol–water partition coefficient (Wildman–Crippen LogP) is 5.81. The zero-order chi connectivity index (χ0) is 22.8. The molecule has 1 heterocycles. The second kappa shape index (κ2) is 9.51. The molecule has 0 atom stereocenters. The van der Waals surface area contributed by atoms with E-state index in [9.17, 15) is 9.59 Å². The van der Waals surface area contributed by atoms with Crippen LogP contribution in [0.3, 0.4) is 0 Å². The van der Waals surface area contributed by atoms with Crippen LogP contribution in [-0.4, -0.2) is 42.9 Å². The van der Waals surface area contributed by atoms with Crippen molar-refractivity contribution in [3.63, 3.8) is 0 Å². The molecule has 3 aromatic carbocycles. The molecule has 0 bridgehead atoms. The number of rotatable bonds is 4. The molecule has 1 saturated heterocycles. The van der Waals surface area contributed by atoms with Gasteiger partial charge in [-0.05, 0) is 41.1 Å². The Morgan fingerprint density at radius 1 is 0.969 bits per heavy atom. The summed E-state index contributed by atoms with van der Waals surface area (Å²) in [6.07, 6.45) is 0. The highest BCUT2D eigenvalue weighted by Crippen LogP contribution is 2.32. The first-order valence-corrected chi connectivity index (χ1v) is 11.8. The van der Waals surface area contributed by atoms with Gasteiger partial charge in [0.1, 0.15) is 0 Å². The first-order chi connectivity index (χ1) is 15.3. The highest BCUT2D eigenvalue weighted by atomic mass is 79.9. The van der Waals surface area contributed by atoms with E-state index in [0.29, 0.717) is 42.5 Å². The standard InChI is InChI=1S/C25H25BrClN3O2/c1-16(2)25(32)30-13-11-29(12-14-30)23-10-9-17(27)15-22(23)28-24(31)20-7-3-6-19-18(20)5-4-8-21(19)26/h3-10,15-16H,11-14H2,1-2H3,(H,28,31). The summed E-state index contributed by atoms with van der Waals surface area (Å²) in [7, 11) is 0. The van der Waals surface area contributed by atoms with E-state index in [1.165, 1.54) is 0 Å². The predicted molar refractivity (Wildman–Crippen MR) is 135 cm³/mol. The van der Waals surface area contributed by atoms with Gasteiger partial charge in [0.25, 0.3) is 5.91 Å². The number of piperazine rings is 1. The van der Waals surface area contributed by atoms with Crippen LogP contribution in [0.15, 0.2) is 59.1 Å². The summed E-state index contributed by atoms with van der Waals surface area (Å²) in [5.74, 6) is -0.0186. The summed E-state index contributed by atoms with van der Waals surface area (Å²) in [6.45, 7) is 6.56. The minimum atomic E-state index is -0.189. The Balaban J connectivity index is 1.58. The van der Waals surface area contributed by atoms with Crippen LogP contribution >= 0.6 is 27.5 Å². The summed E-state index contributed by atoms with van der Waals surface area (Å²) < 4.78 is 0.946. The number of hydrogen-bond donors (Lipinski definition) is 1. The van der Waals surface area contributed by atoms with Crippen LogP contribution in [0, 0.1) is 5.92 Å². The normalized spacial score (nSPS) is 14.2. The van der Waals surface area contributed by atoms with Crippen LogP contribution in [0.5, 0.6) is 0 Å². The third-order valence-corrected chi connectivity index (χ3v) is 6.67. The Morgan fingerprint density at radius 2 is 1.66 bits per heavy atom. The van der Waals surface area contributed by atoms with Crippen molar-refractivity contribution in [3.8, 4) is 0 Å². The summed E-state index contributed by atoms with van der Waals surface area (Å²) >= 11 is 9.83. The second-order valence-corrected chi connectivity index (χ2v) is 9.51. The quantitative estimate of drug-likeness (QED) is 0.478. The largest absolute Gasteiger partial charge is 0.366 e. The van der Waals surface area contributed by atoms with Crippen molar-refractivity contribution in [1.29, 1.82) is 0 Å². The third kappa shape index (κ3) is 4.62. The Labute approximate surface area is 201 Å². The lowest BCUT2D eigenvalue weighted by atomic mass is 10.0. The van der Waals surface area contributed by atoms with Crippen LogP contribution in [0.1, 0.15) is 24.2 Å². The number of halogens is 2. The SMILES string of the molecule is CC(C)C(=O)N1CCN(c2ccc(Cl)cc2NC(=O)c2cccc3c(Br)cccc23)CC1. The van der Waals surface area contributed by atoms with Crippen LogP contribution in [0.4, 0.5) is 11.4 Å². The van der Waals surface area contributed by atoms with Gasteiger partial charge >= 0.3 is 0 Å². The Hall–Kier alpha value is -2.57. The molecule has 3 aromatic rings. The van der Waals surface area contributed by atoms with Gasteiger partial charge in [0, 0.05) is 47.2 Å². The topological polar surface area (TPSA) is 52.7 Å². The Morgan fingerprint density at radius 3 is 2.38 bits per heavy atom. The number of carbonyl (C=O) groups excluding carboxylic acids is 2. The zero-order valence-electron chi connectivity index (χ0n) is 18.1. The van der Waals surface area contributed by atoms with Crippen molar-refractivity contribution in [1.82, 2.24) is 4.90 Å². The van der Waals surface area contributed by atoms with E-state index >= 15 is 0 Å². The fourth-order valence-electron chi connectivity index (χ4n) is 4.08. The van der Waals surface area contributed by atoms with Gasteiger partial charge in [0.05, 0.1) is 11.4 Å². The lowest BCUT2D eigenvalue weighted by Gasteiger charge is -2.37. The first kappa shape index (κ1) is 22.6. The third-order valence-electron chi connectivity index (χ3n) is 5.75. The minimum Gasteiger partial charge on any atom is -0.366 e. The highest BCUT2D eigenvalue weighted by Gasteiger charge is 2.25. The van der Waals surface area contributed by atoms with Crippen molar-refractivity contribution in [3.05, 3.63) is 69.7 Å². The average Bonchev–Trinajstić information content (AvgIpc) is 2.79. The Bertz CT molecular complexity index is 1170. The molecule has 1 N–H and O–H groups in total. The smallest absolute Gasteiger partial charge is 0.256 e. The summed E-state index contributed by atoms with van der Waals surface area (Å²) in [5.41, 5.74) is 2.17. The van der Waals surface area contributed by atoms with E-state index in [1.54, 1.807) is 6.07 Å². The number of carbonyl (C=O) groups is 2. The van der Waals surface area contributed by atoms with Crippen molar-refractivity contribution in [2.45, 2.75) is 13.8 Å². The fraction of sp³-hybridized carbons (Fsp3) is 0.280. The number of nitrogens with zero attached hydrogens (tertiary/aromatic N) is 2. The number of amides is 2. The van der Waals surface area contributed by atoms with Gasteiger partial charge in [-0.15, -0.1) is 0 Å². The molecule has 5 nitrogen and oxygen atoms in total. The highest BCUT2D eigenvalue weighted by molar-refractivity contribution is 9.10. The lowest BCUT2D eigenvalue weighted by Crippen LogP contribution is -2.50. The minimum absolute atomic E-state index is 0.00679. The number of nitrogens with one attached hydrogen (secondary N) is 1. The maximum atomic E-state index is 13.3. The van der Waals surface area contributed by atoms with Crippen molar-refractivity contribution >= 4 is 61.5 Å². The maximum absolute atomic E-state index is 13.3. The van der Waals surface area contributed by atoms with Gasteiger partial charge in [-0.1, -0.05) is 65.6 Å². The molecule has 0 radical (unpaired) electrons. The van der Waals surface area contributed by atoms with E-state index in [1.807, 2.05) is 67.3 Å². The Kier molecular flexibility index (Phi) is 6.72. The molecule has 1 aliphatic heterocycles. The van der Waals surface area contributed by atoms with E-state index < -0.39 is 0 Å². The summed E-state index contributed by atoms with van der Waals surface area (Å²) in [5, 5.41) is 5.48. The van der Waals surface area contributed by atoms with Crippen molar-refractivity contribution < 1.29 is 9.59 Å². The molecule has 1 fully saturated rings. The molecule has 32 heavy (non-hydrogen) atoms. The number of hydrogen-bond acceptors (Lipinski definition) is 3. The zero-order valence-corrected chi connectivity index (χ0v) is 20.4. The maximum Gasteiger partial charge on any atom is 0.256 e. The second-order valence-electron chi connectivity index (χ2n) is 8.22. The number of fused-ring (bicyclic) bond motifs is 1. The molecule has 0 saturated carbocycles. The summed E-state index contributed by atoms with van der Waals surface area (Å²) in [4.78, 5) is 29.7. The molecule has 0 spiro atoms. The van der Waals surface area contributed by atoms with Crippen LogP contribution in [0.25, 0.3) is 10.8 Å². The van der Waals surface area contributed by atoms with Crippen LogP contribution in [-0.2, 0) is 4.79 Å².